The molecule has 7 nitrogen and oxygen atoms in total. The van der Waals surface area contributed by atoms with E-state index in [1.807, 2.05) is 18.2 Å². The second-order valence-electron chi connectivity index (χ2n) is 9.04. The summed E-state index contributed by atoms with van der Waals surface area (Å²) in [7, 11) is -4.11. The number of hydrogen-bond acceptors (Lipinski definition) is 5. The van der Waals surface area contributed by atoms with E-state index in [-0.39, 0.29) is 22.1 Å². The predicted octanol–water partition coefficient (Wildman–Crippen LogP) is 4.52. The van der Waals surface area contributed by atoms with Gasteiger partial charge in [0.15, 0.2) is 0 Å². The molecule has 1 saturated heterocycles. The molecule has 0 unspecified atom stereocenters. The second kappa shape index (κ2) is 10.7. The summed E-state index contributed by atoms with van der Waals surface area (Å²) < 4.78 is 43.4. The minimum Gasteiger partial charge on any atom is -0.337 e. The Morgan fingerprint density at radius 1 is 0.919 bits per heavy atom. The molecule has 4 aromatic rings. The maximum atomic E-state index is 15.0. The van der Waals surface area contributed by atoms with Crippen molar-refractivity contribution in [3.05, 3.63) is 102 Å². The molecule has 0 atom stereocenters. The molecule has 2 heterocycles. The number of benzene rings is 3. The number of carbonyl (C=O) groups excluding carboxylic acids is 1. The fraction of sp³-hybridized carbons (Fsp3) is 0.214. The van der Waals surface area contributed by atoms with E-state index in [0.717, 1.165) is 32.1 Å². The molecule has 5 rings (SSSR count). The number of fused-ring (bicyclic) bond motifs is 1. The van der Waals surface area contributed by atoms with Crippen LogP contribution in [0, 0.1) is 5.82 Å². The van der Waals surface area contributed by atoms with Crippen LogP contribution in [0.1, 0.15) is 22.3 Å². The summed E-state index contributed by atoms with van der Waals surface area (Å²) in [5, 5.41) is 0.659. The molecular formula is C28H27FN4O3S. The number of aromatic nitrogens is 1. The number of anilines is 1. The third-order valence-corrected chi connectivity index (χ3v) is 7.87. The van der Waals surface area contributed by atoms with Gasteiger partial charge in [-0.25, -0.2) is 12.8 Å². The van der Waals surface area contributed by atoms with E-state index in [0.29, 0.717) is 24.0 Å². The van der Waals surface area contributed by atoms with Gasteiger partial charge in [0.2, 0.25) is 0 Å². The van der Waals surface area contributed by atoms with Crippen LogP contribution in [0.25, 0.3) is 10.9 Å². The molecule has 0 radical (unpaired) electrons. The van der Waals surface area contributed by atoms with Crippen molar-refractivity contribution in [2.24, 2.45) is 0 Å². The van der Waals surface area contributed by atoms with Crippen LogP contribution in [0.15, 0.2) is 90.0 Å². The van der Waals surface area contributed by atoms with Gasteiger partial charge in [-0.05, 0) is 42.3 Å². The zero-order valence-electron chi connectivity index (χ0n) is 20.2. The van der Waals surface area contributed by atoms with Crippen LogP contribution in [0.3, 0.4) is 0 Å². The predicted molar refractivity (Wildman–Crippen MR) is 141 cm³/mol. The Balaban J connectivity index is 1.28. The van der Waals surface area contributed by atoms with E-state index in [2.05, 4.69) is 26.7 Å². The number of para-hydroxylation sites is 1. The summed E-state index contributed by atoms with van der Waals surface area (Å²) in [5.74, 6) is -1.09. The molecule has 0 spiro atoms. The summed E-state index contributed by atoms with van der Waals surface area (Å²) in [6, 6.07) is 22.3. The minimum absolute atomic E-state index is 0.0465. The maximum Gasteiger partial charge on any atom is 0.264 e. The SMILES string of the molecule is O=C(c1ccc(NS(=O)(=O)c2cccc3cccnc23)c(F)c1)N1CCCN(Cc2ccccc2)CC1. The fourth-order valence-electron chi connectivity index (χ4n) is 4.58. The van der Waals surface area contributed by atoms with Gasteiger partial charge >= 0.3 is 0 Å². The van der Waals surface area contributed by atoms with Crippen LogP contribution in [-0.4, -0.2) is 55.3 Å². The molecule has 0 saturated carbocycles. The van der Waals surface area contributed by atoms with Gasteiger partial charge < -0.3 is 4.90 Å². The molecule has 1 aliphatic rings. The van der Waals surface area contributed by atoms with E-state index in [4.69, 9.17) is 0 Å². The maximum absolute atomic E-state index is 15.0. The quantitative estimate of drug-likeness (QED) is 0.406. The molecule has 37 heavy (non-hydrogen) atoms. The Labute approximate surface area is 215 Å². The van der Waals surface area contributed by atoms with Gasteiger partial charge in [-0.3, -0.25) is 19.4 Å². The largest absolute Gasteiger partial charge is 0.337 e. The number of pyridine rings is 1. The van der Waals surface area contributed by atoms with Gasteiger partial charge in [-0.2, -0.15) is 0 Å². The number of nitrogens with one attached hydrogen (secondary N) is 1. The van der Waals surface area contributed by atoms with Crippen molar-refractivity contribution in [3.8, 4) is 0 Å². The van der Waals surface area contributed by atoms with Gasteiger partial charge in [0.1, 0.15) is 10.7 Å². The van der Waals surface area contributed by atoms with Crippen LogP contribution < -0.4 is 4.72 Å². The molecule has 9 heteroatoms. The molecule has 0 bridgehead atoms. The number of amides is 1. The number of sulfonamides is 1. The van der Waals surface area contributed by atoms with Crippen LogP contribution in [0.4, 0.5) is 10.1 Å². The summed E-state index contributed by atoms with van der Waals surface area (Å²) in [6.45, 7) is 3.53. The topological polar surface area (TPSA) is 82.6 Å². The molecule has 1 aliphatic heterocycles. The lowest BCUT2D eigenvalue weighted by Crippen LogP contribution is -2.35. The highest BCUT2D eigenvalue weighted by atomic mass is 32.2. The van der Waals surface area contributed by atoms with Crippen LogP contribution in [0.5, 0.6) is 0 Å². The lowest BCUT2D eigenvalue weighted by atomic mass is 10.1. The molecule has 190 valence electrons. The third-order valence-electron chi connectivity index (χ3n) is 6.47. The van der Waals surface area contributed by atoms with Crippen molar-refractivity contribution >= 4 is 32.5 Å². The first-order valence-corrected chi connectivity index (χ1v) is 13.6. The zero-order valence-corrected chi connectivity index (χ0v) is 21.0. The van der Waals surface area contributed by atoms with Gasteiger partial charge in [0.05, 0.1) is 11.2 Å². The summed E-state index contributed by atoms with van der Waals surface area (Å²) in [5.41, 5.74) is 1.48. The van der Waals surface area contributed by atoms with E-state index < -0.39 is 15.8 Å². The van der Waals surface area contributed by atoms with Crippen molar-refractivity contribution in [2.45, 2.75) is 17.9 Å². The summed E-state index contributed by atoms with van der Waals surface area (Å²) >= 11 is 0. The zero-order chi connectivity index (χ0) is 25.8. The highest BCUT2D eigenvalue weighted by Crippen LogP contribution is 2.25. The lowest BCUT2D eigenvalue weighted by Gasteiger charge is -2.22. The Bertz CT molecular complexity index is 1520. The van der Waals surface area contributed by atoms with E-state index in [1.54, 1.807) is 29.2 Å². The Hall–Kier alpha value is -3.82. The number of hydrogen-bond donors (Lipinski definition) is 1. The Morgan fingerprint density at radius 2 is 1.73 bits per heavy atom. The van der Waals surface area contributed by atoms with Gasteiger partial charge in [-0.1, -0.05) is 48.5 Å². The Morgan fingerprint density at radius 3 is 2.54 bits per heavy atom. The van der Waals surface area contributed by atoms with Crippen LogP contribution in [-0.2, 0) is 16.6 Å². The van der Waals surface area contributed by atoms with E-state index in [9.17, 15) is 13.2 Å². The number of halogens is 1. The third kappa shape index (κ3) is 5.63. The average molecular weight is 519 g/mol. The highest BCUT2D eigenvalue weighted by molar-refractivity contribution is 7.93. The summed E-state index contributed by atoms with van der Waals surface area (Å²) in [6.07, 6.45) is 2.32. The molecule has 1 aromatic heterocycles. The van der Waals surface area contributed by atoms with Crippen LogP contribution >= 0.6 is 0 Å². The first-order valence-electron chi connectivity index (χ1n) is 12.1. The molecule has 1 N–H and O–H groups in total. The van der Waals surface area contributed by atoms with Crippen molar-refractivity contribution in [3.63, 3.8) is 0 Å². The first kappa shape index (κ1) is 24.9. The van der Waals surface area contributed by atoms with Crippen molar-refractivity contribution in [2.75, 3.05) is 30.9 Å². The lowest BCUT2D eigenvalue weighted by molar-refractivity contribution is 0.0760. The standard InChI is InChI=1S/C28H27FN4O3S/c29-24-19-23(28(34)33-16-6-15-32(17-18-33)20-21-7-2-1-3-8-21)12-13-25(24)31-37(35,36)26-11-4-9-22-10-5-14-30-27(22)26/h1-5,7-14,19,31H,6,15-18,20H2. The normalized spacial score (nSPS) is 14.9. The van der Waals surface area contributed by atoms with Crippen molar-refractivity contribution < 1.29 is 17.6 Å². The molecule has 1 amide bonds. The minimum atomic E-state index is -4.11. The first-order chi connectivity index (χ1) is 17.9. The van der Waals surface area contributed by atoms with Gasteiger partial charge in [0, 0.05) is 49.9 Å². The smallest absolute Gasteiger partial charge is 0.264 e. The van der Waals surface area contributed by atoms with E-state index in [1.165, 1.54) is 30.0 Å². The number of rotatable bonds is 6. The number of carbonyl (C=O) groups is 1. The fourth-order valence-corrected chi connectivity index (χ4v) is 5.83. The highest BCUT2D eigenvalue weighted by Gasteiger charge is 2.23. The molecule has 3 aromatic carbocycles. The van der Waals surface area contributed by atoms with Gasteiger partial charge in [-0.15, -0.1) is 0 Å². The molecule has 1 fully saturated rings. The summed E-state index contributed by atoms with van der Waals surface area (Å²) in [4.78, 5) is 21.3. The molecule has 0 aliphatic carbocycles. The van der Waals surface area contributed by atoms with Crippen molar-refractivity contribution in [1.82, 2.24) is 14.8 Å². The number of nitrogens with zero attached hydrogens (tertiary/aromatic N) is 3. The van der Waals surface area contributed by atoms with Crippen molar-refractivity contribution in [1.29, 1.82) is 0 Å². The second-order valence-corrected chi connectivity index (χ2v) is 10.7. The monoisotopic (exact) mass is 518 g/mol. The Kier molecular flexibility index (Phi) is 7.16. The average Bonchev–Trinajstić information content (AvgIpc) is 3.15. The van der Waals surface area contributed by atoms with Gasteiger partial charge in [0.25, 0.3) is 15.9 Å². The van der Waals surface area contributed by atoms with Crippen LogP contribution in [0.2, 0.25) is 0 Å². The molecular weight excluding hydrogens is 491 g/mol. The van der Waals surface area contributed by atoms with E-state index >= 15 is 4.39 Å².